The summed E-state index contributed by atoms with van der Waals surface area (Å²) in [6, 6.07) is 4.47. The molecule has 0 aromatic heterocycles. The van der Waals surface area contributed by atoms with Gasteiger partial charge in [0.15, 0.2) is 0 Å². The van der Waals surface area contributed by atoms with Crippen LogP contribution in [0.5, 0.6) is 5.75 Å². The first-order valence-corrected chi connectivity index (χ1v) is 7.00. The molecule has 1 aliphatic rings. The van der Waals surface area contributed by atoms with Gasteiger partial charge in [0.25, 0.3) is 0 Å². The normalized spacial score (nSPS) is 17.2. The van der Waals surface area contributed by atoms with Gasteiger partial charge in [0.05, 0.1) is 7.11 Å². The molecule has 0 radical (unpaired) electrons. The summed E-state index contributed by atoms with van der Waals surface area (Å²) in [7, 11) is 1.77. The van der Waals surface area contributed by atoms with E-state index < -0.39 is 0 Å². The van der Waals surface area contributed by atoms with E-state index in [1.54, 1.807) is 7.11 Å². The van der Waals surface area contributed by atoms with E-state index in [1.807, 2.05) is 0 Å². The number of aryl methyl sites for hydroxylation is 2. The molecule has 0 saturated heterocycles. The first kappa shape index (κ1) is 12.0. The molecule has 1 aliphatic carbocycles. The summed E-state index contributed by atoms with van der Waals surface area (Å²) in [4.78, 5) is 0. The summed E-state index contributed by atoms with van der Waals surface area (Å²) in [5.74, 6) is 2.53. The van der Waals surface area contributed by atoms with Crippen molar-refractivity contribution in [2.24, 2.45) is 5.92 Å². The van der Waals surface area contributed by atoms with Gasteiger partial charge >= 0.3 is 0 Å². The highest BCUT2D eigenvalue weighted by Crippen LogP contribution is 2.46. The number of rotatable bonds is 4. The molecule has 1 unspecified atom stereocenters. The topological polar surface area (TPSA) is 9.23 Å². The van der Waals surface area contributed by atoms with Gasteiger partial charge in [0.2, 0.25) is 0 Å². The lowest BCUT2D eigenvalue weighted by Crippen LogP contribution is -2.06. The SMILES string of the molecule is COc1cc(C)c(C)cc1C(CBr)C1CC1. The van der Waals surface area contributed by atoms with Gasteiger partial charge in [-0.3, -0.25) is 0 Å². The summed E-state index contributed by atoms with van der Waals surface area (Å²) >= 11 is 3.64. The Hall–Kier alpha value is -0.500. The van der Waals surface area contributed by atoms with E-state index in [2.05, 4.69) is 41.9 Å². The molecule has 2 heteroatoms. The number of ether oxygens (including phenoxy) is 1. The second kappa shape index (κ2) is 4.79. The van der Waals surface area contributed by atoms with Crippen molar-refractivity contribution >= 4 is 15.9 Å². The van der Waals surface area contributed by atoms with Crippen molar-refractivity contribution in [1.29, 1.82) is 0 Å². The number of alkyl halides is 1. The summed E-state index contributed by atoms with van der Waals surface area (Å²) in [5, 5.41) is 1.04. The molecule has 0 spiro atoms. The maximum atomic E-state index is 5.52. The fourth-order valence-corrected chi connectivity index (χ4v) is 3.12. The molecule has 88 valence electrons. The maximum absolute atomic E-state index is 5.52. The second-order valence-corrected chi connectivity index (χ2v) is 5.42. The lowest BCUT2D eigenvalue weighted by molar-refractivity contribution is 0.404. The Kier molecular flexibility index (Phi) is 3.58. The predicted molar refractivity (Wildman–Crippen MR) is 71.7 cm³/mol. The molecule has 1 saturated carbocycles. The molecule has 0 N–H and O–H groups in total. The van der Waals surface area contributed by atoms with E-state index in [1.165, 1.54) is 29.5 Å². The van der Waals surface area contributed by atoms with Crippen LogP contribution in [-0.4, -0.2) is 12.4 Å². The molecule has 1 fully saturated rings. The number of hydrogen-bond donors (Lipinski definition) is 0. The highest BCUT2D eigenvalue weighted by Gasteiger charge is 2.33. The Morgan fingerprint density at radius 3 is 2.44 bits per heavy atom. The van der Waals surface area contributed by atoms with Gasteiger partial charge in [-0.25, -0.2) is 0 Å². The minimum atomic E-state index is 0.620. The van der Waals surface area contributed by atoms with Crippen LogP contribution >= 0.6 is 15.9 Å². The Labute approximate surface area is 106 Å². The Bertz CT molecular complexity index is 383. The predicted octanol–water partition coefficient (Wildman–Crippen LogP) is 4.20. The van der Waals surface area contributed by atoms with Crippen LogP contribution in [0.4, 0.5) is 0 Å². The van der Waals surface area contributed by atoms with Crippen LogP contribution in [0.15, 0.2) is 12.1 Å². The van der Waals surface area contributed by atoms with E-state index in [4.69, 9.17) is 4.74 Å². The van der Waals surface area contributed by atoms with Crippen molar-refractivity contribution in [2.75, 3.05) is 12.4 Å². The molecule has 0 bridgehead atoms. The summed E-state index contributed by atoms with van der Waals surface area (Å²) in [6.45, 7) is 4.32. The van der Waals surface area contributed by atoms with Crippen LogP contribution in [0, 0.1) is 19.8 Å². The van der Waals surface area contributed by atoms with E-state index in [-0.39, 0.29) is 0 Å². The zero-order chi connectivity index (χ0) is 11.7. The van der Waals surface area contributed by atoms with Crippen LogP contribution in [0.3, 0.4) is 0 Å². The molecule has 1 nitrogen and oxygen atoms in total. The van der Waals surface area contributed by atoms with Crippen LogP contribution in [-0.2, 0) is 0 Å². The first-order chi connectivity index (χ1) is 7.67. The fourth-order valence-electron chi connectivity index (χ4n) is 2.24. The molecular weight excluding hydrogens is 264 g/mol. The average molecular weight is 283 g/mol. The van der Waals surface area contributed by atoms with Crippen LogP contribution in [0.1, 0.15) is 35.4 Å². The summed E-state index contributed by atoms with van der Waals surface area (Å²) in [6.07, 6.45) is 2.73. The molecule has 0 amide bonds. The van der Waals surface area contributed by atoms with Crippen molar-refractivity contribution < 1.29 is 4.74 Å². The van der Waals surface area contributed by atoms with Crippen LogP contribution in [0.25, 0.3) is 0 Å². The summed E-state index contributed by atoms with van der Waals surface area (Å²) in [5.41, 5.74) is 4.05. The van der Waals surface area contributed by atoms with Crippen molar-refractivity contribution in [1.82, 2.24) is 0 Å². The molecule has 0 heterocycles. The van der Waals surface area contributed by atoms with Gasteiger partial charge in [-0.1, -0.05) is 22.0 Å². The van der Waals surface area contributed by atoms with Gasteiger partial charge in [-0.05, 0) is 55.4 Å². The summed E-state index contributed by atoms with van der Waals surface area (Å²) < 4.78 is 5.52. The van der Waals surface area contributed by atoms with E-state index in [0.717, 1.165) is 17.0 Å². The third-order valence-corrected chi connectivity index (χ3v) is 4.30. The molecule has 0 aliphatic heterocycles. The Balaban J connectivity index is 2.40. The van der Waals surface area contributed by atoms with Gasteiger partial charge in [-0.2, -0.15) is 0 Å². The fraction of sp³-hybridized carbons (Fsp3) is 0.571. The molecule has 1 aromatic rings. The lowest BCUT2D eigenvalue weighted by Gasteiger charge is -2.19. The minimum absolute atomic E-state index is 0.620. The highest BCUT2D eigenvalue weighted by atomic mass is 79.9. The lowest BCUT2D eigenvalue weighted by atomic mass is 9.92. The second-order valence-electron chi connectivity index (χ2n) is 4.78. The smallest absolute Gasteiger partial charge is 0.122 e. The molecule has 1 aromatic carbocycles. The third-order valence-electron chi connectivity index (χ3n) is 3.60. The van der Waals surface area contributed by atoms with Crippen LogP contribution in [0.2, 0.25) is 0 Å². The van der Waals surface area contributed by atoms with E-state index in [0.29, 0.717) is 5.92 Å². The standard InChI is InChI=1S/C14H19BrO/c1-9-6-12(13(8-15)11-4-5-11)14(16-3)7-10(9)2/h6-7,11,13H,4-5,8H2,1-3H3. The molecule has 16 heavy (non-hydrogen) atoms. The Morgan fingerprint density at radius 2 is 1.94 bits per heavy atom. The number of methoxy groups -OCH3 is 1. The van der Waals surface area contributed by atoms with Crippen molar-refractivity contribution in [3.05, 3.63) is 28.8 Å². The molecule has 1 atom stereocenters. The minimum Gasteiger partial charge on any atom is -0.496 e. The largest absolute Gasteiger partial charge is 0.496 e. The van der Waals surface area contributed by atoms with Crippen LogP contribution < -0.4 is 4.74 Å². The first-order valence-electron chi connectivity index (χ1n) is 5.88. The number of halogens is 1. The van der Waals surface area contributed by atoms with Gasteiger partial charge in [0.1, 0.15) is 5.75 Å². The zero-order valence-corrected chi connectivity index (χ0v) is 11.8. The van der Waals surface area contributed by atoms with Crippen molar-refractivity contribution in [3.63, 3.8) is 0 Å². The van der Waals surface area contributed by atoms with Gasteiger partial charge < -0.3 is 4.74 Å². The van der Waals surface area contributed by atoms with E-state index in [9.17, 15) is 0 Å². The highest BCUT2D eigenvalue weighted by molar-refractivity contribution is 9.09. The van der Waals surface area contributed by atoms with Crippen molar-refractivity contribution in [3.8, 4) is 5.75 Å². The average Bonchev–Trinajstić information content (AvgIpc) is 3.08. The maximum Gasteiger partial charge on any atom is 0.122 e. The monoisotopic (exact) mass is 282 g/mol. The Morgan fingerprint density at radius 1 is 1.31 bits per heavy atom. The number of hydrogen-bond acceptors (Lipinski definition) is 1. The zero-order valence-electron chi connectivity index (χ0n) is 10.2. The van der Waals surface area contributed by atoms with E-state index >= 15 is 0 Å². The molecule has 2 rings (SSSR count). The van der Waals surface area contributed by atoms with Gasteiger partial charge in [0, 0.05) is 11.2 Å². The van der Waals surface area contributed by atoms with Crippen molar-refractivity contribution in [2.45, 2.75) is 32.6 Å². The number of benzene rings is 1. The molecular formula is C14H19BrO. The van der Waals surface area contributed by atoms with Gasteiger partial charge in [-0.15, -0.1) is 0 Å². The third kappa shape index (κ3) is 2.27. The quantitative estimate of drug-likeness (QED) is 0.752.